The summed E-state index contributed by atoms with van der Waals surface area (Å²) in [4.78, 5) is 25.1. The van der Waals surface area contributed by atoms with Crippen molar-refractivity contribution in [3.8, 4) is 5.75 Å². The number of ether oxygens (including phenoxy) is 1. The summed E-state index contributed by atoms with van der Waals surface area (Å²) >= 11 is 0. The minimum absolute atomic E-state index is 0.0118. The first-order valence-corrected chi connectivity index (χ1v) is 6.75. The monoisotopic (exact) mass is 318 g/mol. The molecule has 1 N–H and O–H groups in total. The largest absolute Gasteiger partial charge is 0.482 e. The van der Waals surface area contributed by atoms with Gasteiger partial charge in [0.2, 0.25) is 0 Å². The van der Waals surface area contributed by atoms with E-state index in [1.165, 1.54) is 11.0 Å². The van der Waals surface area contributed by atoms with Crippen molar-refractivity contribution in [3.63, 3.8) is 0 Å². The molecule has 3 rings (SSSR count). The maximum atomic E-state index is 13.2. The third-order valence-corrected chi connectivity index (χ3v) is 3.49. The molecule has 0 spiro atoms. The Balaban J connectivity index is 1.84. The predicted molar refractivity (Wildman–Crippen MR) is 79.7 cm³/mol. The summed E-state index contributed by atoms with van der Waals surface area (Å²) in [6, 6.07) is 7.69. The van der Waals surface area contributed by atoms with Gasteiger partial charge < -0.3 is 15.0 Å². The van der Waals surface area contributed by atoms with Gasteiger partial charge in [-0.15, -0.1) is 0 Å². The Bertz CT molecular complexity index is 808. The van der Waals surface area contributed by atoms with E-state index in [-0.39, 0.29) is 18.1 Å². The maximum absolute atomic E-state index is 13.2. The minimum atomic E-state index is -1.10. The molecule has 118 valence electrons. The van der Waals surface area contributed by atoms with Gasteiger partial charge in [0.15, 0.2) is 18.2 Å². The van der Waals surface area contributed by atoms with Crippen molar-refractivity contribution in [2.45, 2.75) is 0 Å². The van der Waals surface area contributed by atoms with Gasteiger partial charge in [0.25, 0.3) is 11.8 Å². The van der Waals surface area contributed by atoms with Crippen LogP contribution in [0.15, 0.2) is 36.4 Å². The van der Waals surface area contributed by atoms with E-state index in [2.05, 4.69) is 5.32 Å². The third kappa shape index (κ3) is 2.85. The number of likely N-dealkylation sites (N-methyl/N-ethyl adjacent to an activating group) is 1. The summed E-state index contributed by atoms with van der Waals surface area (Å²) < 4.78 is 31.4. The van der Waals surface area contributed by atoms with Gasteiger partial charge in [0, 0.05) is 18.3 Å². The summed E-state index contributed by atoms with van der Waals surface area (Å²) in [6.07, 6.45) is 0. The number of carbonyl (C=O) groups excluding carboxylic acids is 2. The van der Waals surface area contributed by atoms with Crippen LogP contribution in [0.1, 0.15) is 10.4 Å². The second kappa shape index (κ2) is 5.68. The molecule has 7 heteroatoms. The van der Waals surface area contributed by atoms with E-state index < -0.39 is 17.5 Å². The van der Waals surface area contributed by atoms with Gasteiger partial charge in [-0.3, -0.25) is 9.59 Å². The van der Waals surface area contributed by atoms with Gasteiger partial charge in [0.05, 0.1) is 5.69 Å². The molecule has 0 atom stereocenters. The van der Waals surface area contributed by atoms with E-state index >= 15 is 0 Å². The van der Waals surface area contributed by atoms with Gasteiger partial charge in [0.1, 0.15) is 5.75 Å². The summed E-state index contributed by atoms with van der Waals surface area (Å²) in [6.45, 7) is -0.0376. The number of hydrogen-bond acceptors (Lipinski definition) is 3. The highest BCUT2D eigenvalue weighted by atomic mass is 19.2. The van der Waals surface area contributed by atoms with Crippen LogP contribution in [0.3, 0.4) is 0 Å². The van der Waals surface area contributed by atoms with Crippen molar-refractivity contribution in [2.24, 2.45) is 0 Å². The lowest BCUT2D eigenvalue weighted by Gasteiger charge is -2.26. The van der Waals surface area contributed by atoms with Gasteiger partial charge in [-0.2, -0.15) is 0 Å². The number of rotatable bonds is 2. The van der Waals surface area contributed by atoms with Gasteiger partial charge >= 0.3 is 0 Å². The number of carbonyl (C=O) groups is 2. The van der Waals surface area contributed by atoms with Crippen molar-refractivity contribution < 1.29 is 23.1 Å². The minimum Gasteiger partial charge on any atom is -0.482 e. The molecule has 0 bridgehead atoms. The Morgan fingerprint density at radius 3 is 2.70 bits per heavy atom. The smallest absolute Gasteiger partial charge is 0.264 e. The average molecular weight is 318 g/mol. The molecular formula is C16H12F2N2O3. The highest BCUT2D eigenvalue weighted by Gasteiger charge is 2.22. The number of hydrogen-bond donors (Lipinski definition) is 1. The second-order valence-corrected chi connectivity index (χ2v) is 5.01. The van der Waals surface area contributed by atoms with Crippen LogP contribution >= 0.6 is 0 Å². The van der Waals surface area contributed by atoms with Crippen LogP contribution < -0.4 is 15.0 Å². The summed E-state index contributed by atoms with van der Waals surface area (Å²) in [5, 5.41) is 2.57. The number of nitrogens with zero attached hydrogens (tertiary/aromatic N) is 1. The first-order valence-electron chi connectivity index (χ1n) is 6.75. The Morgan fingerprint density at radius 1 is 1.17 bits per heavy atom. The third-order valence-electron chi connectivity index (χ3n) is 3.49. The predicted octanol–water partition coefficient (Wildman–Crippen LogP) is 2.57. The summed E-state index contributed by atoms with van der Waals surface area (Å²) in [7, 11) is 1.60. The molecule has 23 heavy (non-hydrogen) atoms. The molecule has 2 amide bonds. The van der Waals surface area contributed by atoms with Crippen LogP contribution in [0, 0.1) is 11.6 Å². The fourth-order valence-corrected chi connectivity index (χ4v) is 2.19. The Labute approximate surface area is 130 Å². The van der Waals surface area contributed by atoms with E-state index in [1.54, 1.807) is 25.2 Å². The van der Waals surface area contributed by atoms with Crippen LogP contribution in [0.25, 0.3) is 0 Å². The summed E-state index contributed by atoms with van der Waals surface area (Å²) in [5.74, 6) is -2.39. The second-order valence-electron chi connectivity index (χ2n) is 5.01. The van der Waals surface area contributed by atoms with Gasteiger partial charge in [-0.05, 0) is 36.4 Å². The first kappa shape index (κ1) is 15.0. The number of anilines is 2. The fourth-order valence-electron chi connectivity index (χ4n) is 2.19. The average Bonchev–Trinajstić information content (AvgIpc) is 2.54. The topological polar surface area (TPSA) is 58.6 Å². The number of benzene rings is 2. The number of halogens is 2. The maximum Gasteiger partial charge on any atom is 0.264 e. The van der Waals surface area contributed by atoms with Crippen molar-refractivity contribution in [3.05, 3.63) is 53.6 Å². The van der Waals surface area contributed by atoms with Crippen LogP contribution in [-0.2, 0) is 4.79 Å². The molecule has 0 saturated heterocycles. The quantitative estimate of drug-likeness (QED) is 0.926. The molecule has 0 saturated carbocycles. The zero-order chi connectivity index (χ0) is 16.6. The molecule has 0 aliphatic carbocycles. The van der Waals surface area contributed by atoms with E-state index in [4.69, 9.17) is 4.74 Å². The summed E-state index contributed by atoms with van der Waals surface area (Å²) in [5.41, 5.74) is 0.912. The van der Waals surface area contributed by atoms with Crippen LogP contribution in [0.4, 0.5) is 20.2 Å². The highest BCUT2D eigenvalue weighted by Crippen LogP contribution is 2.33. The van der Waals surface area contributed by atoms with Crippen molar-refractivity contribution in [1.29, 1.82) is 0 Å². The van der Waals surface area contributed by atoms with Crippen LogP contribution in [0.5, 0.6) is 5.75 Å². The van der Waals surface area contributed by atoms with Gasteiger partial charge in [-0.25, -0.2) is 8.78 Å². The van der Waals surface area contributed by atoms with Crippen LogP contribution in [-0.4, -0.2) is 25.5 Å². The molecule has 0 fully saturated rings. The Hall–Kier alpha value is -2.96. The number of nitrogens with one attached hydrogen (secondary N) is 1. The zero-order valence-electron chi connectivity index (χ0n) is 12.1. The molecule has 0 aromatic heterocycles. The van der Waals surface area contributed by atoms with Gasteiger partial charge in [-0.1, -0.05) is 0 Å². The molecule has 1 aliphatic rings. The first-order chi connectivity index (χ1) is 11.0. The van der Waals surface area contributed by atoms with Crippen molar-refractivity contribution in [1.82, 2.24) is 0 Å². The fraction of sp³-hybridized carbons (Fsp3) is 0.125. The Morgan fingerprint density at radius 2 is 1.96 bits per heavy atom. The van der Waals surface area contributed by atoms with E-state index in [0.717, 1.165) is 12.1 Å². The molecule has 2 aromatic rings. The molecule has 1 aliphatic heterocycles. The molecule has 0 unspecified atom stereocenters. The number of fused-ring (bicyclic) bond motifs is 1. The van der Waals surface area contributed by atoms with Crippen molar-refractivity contribution in [2.75, 3.05) is 23.9 Å². The number of amides is 2. The van der Waals surface area contributed by atoms with Crippen molar-refractivity contribution >= 4 is 23.2 Å². The zero-order valence-corrected chi connectivity index (χ0v) is 12.1. The Kier molecular flexibility index (Phi) is 3.69. The van der Waals surface area contributed by atoms with Crippen LogP contribution in [0.2, 0.25) is 0 Å². The molecule has 1 heterocycles. The molecular weight excluding hydrogens is 306 g/mol. The standard InChI is InChI=1S/C16H12F2N2O3/c1-20-13-7-10(3-5-14(13)23-8-15(20)21)19-16(22)9-2-4-11(17)12(18)6-9/h2-7H,8H2,1H3,(H,19,22). The SMILES string of the molecule is CN1C(=O)COc2ccc(NC(=O)c3ccc(F)c(F)c3)cc21. The molecule has 5 nitrogen and oxygen atoms in total. The van der Waals surface area contributed by atoms with E-state index in [0.29, 0.717) is 17.1 Å². The molecule has 0 radical (unpaired) electrons. The lowest BCUT2D eigenvalue weighted by Crippen LogP contribution is -2.35. The lowest BCUT2D eigenvalue weighted by molar-refractivity contribution is -0.120. The normalized spacial score (nSPS) is 13.3. The lowest BCUT2D eigenvalue weighted by atomic mass is 10.1. The van der Waals surface area contributed by atoms with E-state index in [1.807, 2.05) is 0 Å². The van der Waals surface area contributed by atoms with E-state index in [9.17, 15) is 18.4 Å². The highest BCUT2D eigenvalue weighted by molar-refractivity contribution is 6.05. The molecule has 2 aromatic carbocycles.